The summed E-state index contributed by atoms with van der Waals surface area (Å²) in [6.45, 7) is 5.88. The fourth-order valence-corrected chi connectivity index (χ4v) is 2.07. The lowest BCUT2D eigenvalue weighted by Gasteiger charge is -2.27. The Morgan fingerprint density at radius 3 is 2.26 bits per heavy atom. The van der Waals surface area contributed by atoms with Crippen molar-refractivity contribution < 1.29 is 19.1 Å². The number of methoxy groups -OCH3 is 1. The maximum atomic E-state index is 12.1. The molecular formula is C13H24N2O4. The lowest BCUT2D eigenvalue weighted by molar-refractivity contribution is -0.145. The molecule has 0 spiro atoms. The van der Waals surface area contributed by atoms with Crippen LogP contribution in [0.2, 0.25) is 0 Å². The van der Waals surface area contributed by atoms with Crippen LogP contribution < -0.4 is 0 Å². The molecule has 1 aliphatic rings. The van der Waals surface area contributed by atoms with E-state index in [-0.39, 0.29) is 6.04 Å². The zero-order valence-electron chi connectivity index (χ0n) is 12.6. The molecule has 1 heterocycles. The Labute approximate surface area is 114 Å². The van der Waals surface area contributed by atoms with Gasteiger partial charge in [-0.1, -0.05) is 0 Å². The predicted octanol–water partition coefficient (Wildman–Crippen LogP) is 1.10. The minimum atomic E-state index is -0.575. The van der Waals surface area contributed by atoms with Gasteiger partial charge < -0.3 is 14.4 Å². The number of nitrogens with zero attached hydrogens (tertiary/aromatic N) is 2. The molecule has 0 N–H and O–H groups in total. The summed E-state index contributed by atoms with van der Waals surface area (Å²) in [7, 11) is 5.19. The summed E-state index contributed by atoms with van der Waals surface area (Å²) < 4.78 is 10.1. The zero-order valence-corrected chi connectivity index (χ0v) is 12.6. The van der Waals surface area contributed by atoms with Crippen molar-refractivity contribution in [2.45, 2.75) is 44.9 Å². The van der Waals surface area contributed by atoms with Crippen LogP contribution in [0.5, 0.6) is 0 Å². The third-order valence-corrected chi connectivity index (χ3v) is 3.11. The van der Waals surface area contributed by atoms with Gasteiger partial charge in [-0.2, -0.15) is 0 Å². The number of amides is 1. The highest BCUT2D eigenvalue weighted by molar-refractivity contribution is 5.82. The molecule has 1 saturated heterocycles. The number of esters is 1. The van der Waals surface area contributed by atoms with Gasteiger partial charge >= 0.3 is 12.1 Å². The number of hydrogen-bond acceptors (Lipinski definition) is 5. The third kappa shape index (κ3) is 4.09. The van der Waals surface area contributed by atoms with Crippen molar-refractivity contribution in [1.29, 1.82) is 0 Å². The molecular weight excluding hydrogens is 248 g/mol. The molecule has 1 fully saturated rings. The van der Waals surface area contributed by atoms with Gasteiger partial charge in [0.25, 0.3) is 0 Å². The van der Waals surface area contributed by atoms with Crippen LogP contribution in [0.1, 0.15) is 27.2 Å². The van der Waals surface area contributed by atoms with Gasteiger partial charge in [-0.05, 0) is 41.3 Å². The van der Waals surface area contributed by atoms with E-state index in [1.165, 1.54) is 12.0 Å². The first kappa shape index (κ1) is 15.8. The molecule has 0 bridgehead atoms. The number of hydrogen-bond donors (Lipinski definition) is 0. The molecule has 2 atom stereocenters. The number of carbonyl (C=O) groups excluding carboxylic acids is 2. The van der Waals surface area contributed by atoms with E-state index >= 15 is 0 Å². The van der Waals surface area contributed by atoms with Crippen molar-refractivity contribution in [3.05, 3.63) is 0 Å². The van der Waals surface area contributed by atoms with E-state index in [0.717, 1.165) is 0 Å². The summed E-state index contributed by atoms with van der Waals surface area (Å²) in [6.07, 6.45) is 0.103. The fourth-order valence-electron chi connectivity index (χ4n) is 2.07. The normalized spacial score (nSPS) is 23.6. The average Bonchev–Trinajstić information content (AvgIpc) is 2.70. The third-order valence-electron chi connectivity index (χ3n) is 3.11. The minimum Gasteiger partial charge on any atom is -0.467 e. The van der Waals surface area contributed by atoms with Crippen LogP contribution in [0.15, 0.2) is 0 Å². The van der Waals surface area contributed by atoms with Crippen LogP contribution in [-0.4, -0.2) is 67.3 Å². The lowest BCUT2D eigenvalue weighted by atomic mass is 10.1. The smallest absolute Gasteiger partial charge is 0.411 e. The zero-order chi connectivity index (χ0) is 14.8. The van der Waals surface area contributed by atoms with Gasteiger partial charge in [0.1, 0.15) is 11.6 Å². The van der Waals surface area contributed by atoms with Crippen LogP contribution in [0.3, 0.4) is 0 Å². The molecule has 0 aliphatic carbocycles. The highest BCUT2D eigenvalue weighted by atomic mass is 16.6. The first-order valence-electron chi connectivity index (χ1n) is 6.39. The van der Waals surface area contributed by atoms with E-state index in [0.29, 0.717) is 13.0 Å². The van der Waals surface area contributed by atoms with Crippen LogP contribution in [0.25, 0.3) is 0 Å². The predicted molar refractivity (Wildman–Crippen MR) is 70.8 cm³/mol. The quantitative estimate of drug-likeness (QED) is 0.704. The van der Waals surface area contributed by atoms with E-state index in [1.54, 1.807) is 20.8 Å². The molecule has 1 aliphatic heterocycles. The van der Waals surface area contributed by atoms with Gasteiger partial charge in [0.2, 0.25) is 0 Å². The fraction of sp³-hybridized carbons (Fsp3) is 0.846. The monoisotopic (exact) mass is 272 g/mol. The SMILES string of the molecule is COC(=O)[C@H]1CC(N(C)C)CN1C(=O)OC(C)(C)C. The van der Waals surface area contributed by atoms with Crippen molar-refractivity contribution in [3.63, 3.8) is 0 Å². The average molecular weight is 272 g/mol. The number of carbonyl (C=O) groups is 2. The lowest BCUT2D eigenvalue weighted by Crippen LogP contribution is -2.44. The van der Waals surface area contributed by atoms with Crippen molar-refractivity contribution in [1.82, 2.24) is 9.80 Å². The summed E-state index contributed by atoms with van der Waals surface area (Å²) in [5.74, 6) is -0.393. The molecule has 1 unspecified atom stereocenters. The van der Waals surface area contributed by atoms with E-state index < -0.39 is 23.7 Å². The molecule has 0 saturated carbocycles. The van der Waals surface area contributed by atoms with Crippen LogP contribution in [-0.2, 0) is 14.3 Å². The highest BCUT2D eigenvalue weighted by Gasteiger charge is 2.42. The van der Waals surface area contributed by atoms with Gasteiger partial charge in [0, 0.05) is 12.6 Å². The standard InChI is InChI=1S/C13H24N2O4/c1-13(2,3)19-12(17)15-8-9(14(4)5)7-10(15)11(16)18-6/h9-10H,7-8H2,1-6H3/t9?,10-/m1/s1. The Hall–Kier alpha value is -1.30. The number of rotatable bonds is 2. The number of ether oxygens (including phenoxy) is 2. The topological polar surface area (TPSA) is 59.1 Å². The molecule has 110 valence electrons. The van der Waals surface area contributed by atoms with Gasteiger partial charge in [-0.15, -0.1) is 0 Å². The summed E-state index contributed by atoms with van der Waals surface area (Å²) in [6, 6.07) is -0.427. The largest absolute Gasteiger partial charge is 0.467 e. The molecule has 0 aromatic heterocycles. The van der Waals surface area contributed by atoms with E-state index in [1.807, 2.05) is 19.0 Å². The molecule has 0 aromatic carbocycles. The van der Waals surface area contributed by atoms with Crippen LogP contribution >= 0.6 is 0 Å². The molecule has 6 heteroatoms. The molecule has 0 aromatic rings. The Morgan fingerprint density at radius 1 is 1.26 bits per heavy atom. The van der Waals surface area contributed by atoms with Gasteiger partial charge in [-0.3, -0.25) is 4.90 Å². The maximum Gasteiger partial charge on any atom is 0.411 e. The highest BCUT2D eigenvalue weighted by Crippen LogP contribution is 2.24. The van der Waals surface area contributed by atoms with E-state index in [4.69, 9.17) is 9.47 Å². The second-order valence-electron chi connectivity index (χ2n) is 6.02. The summed E-state index contributed by atoms with van der Waals surface area (Å²) >= 11 is 0. The Bertz CT molecular complexity index is 349. The van der Waals surface area contributed by atoms with Crippen LogP contribution in [0, 0.1) is 0 Å². The first-order valence-corrected chi connectivity index (χ1v) is 6.39. The van der Waals surface area contributed by atoms with Crippen molar-refractivity contribution in [2.24, 2.45) is 0 Å². The van der Waals surface area contributed by atoms with E-state index in [9.17, 15) is 9.59 Å². The first-order chi connectivity index (χ1) is 8.65. The second-order valence-corrected chi connectivity index (χ2v) is 6.02. The Morgan fingerprint density at radius 2 is 1.84 bits per heavy atom. The van der Waals surface area contributed by atoms with Crippen molar-refractivity contribution >= 4 is 12.1 Å². The second kappa shape index (κ2) is 5.77. The Balaban J connectivity index is 2.83. The molecule has 1 amide bonds. The molecule has 19 heavy (non-hydrogen) atoms. The van der Waals surface area contributed by atoms with E-state index in [2.05, 4.69) is 0 Å². The summed E-state index contributed by atoms with van der Waals surface area (Å²) in [4.78, 5) is 27.4. The van der Waals surface area contributed by atoms with Crippen molar-refractivity contribution in [3.8, 4) is 0 Å². The molecule has 6 nitrogen and oxygen atoms in total. The maximum absolute atomic E-state index is 12.1. The minimum absolute atomic E-state index is 0.136. The van der Waals surface area contributed by atoms with Gasteiger partial charge in [0.05, 0.1) is 7.11 Å². The number of likely N-dealkylation sites (N-methyl/N-ethyl adjacent to an activating group) is 1. The number of likely N-dealkylation sites (tertiary alicyclic amines) is 1. The summed E-state index contributed by atoms with van der Waals surface area (Å²) in [5, 5.41) is 0. The van der Waals surface area contributed by atoms with Crippen LogP contribution in [0.4, 0.5) is 4.79 Å². The van der Waals surface area contributed by atoms with Gasteiger partial charge in [-0.25, -0.2) is 9.59 Å². The summed E-state index contributed by atoms with van der Waals surface area (Å²) in [5.41, 5.74) is -0.575. The molecule has 0 radical (unpaired) electrons. The van der Waals surface area contributed by atoms with Crippen molar-refractivity contribution in [2.75, 3.05) is 27.7 Å². The Kier molecular flexibility index (Phi) is 4.79. The van der Waals surface area contributed by atoms with Gasteiger partial charge in [0.15, 0.2) is 0 Å². The molecule has 1 rings (SSSR count).